The van der Waals surface area contributed by atoms with E-state index in [0.29, 0.717) is 29.7 Å². The first-order valence-corrected chi connectivity index (χ1v) is 5.29. The van der Waals surface area contributed by atoms with Crippen LogP contribution in [0.3, 0.4) is 0 Å². The molecule has 82 valence electrons. The van der Waals surface area contributed by atoms with Crippen molar-refractivity contribution in [1.82, 2.24) is 0 Å². The van der Waals surface area contributed by atoms with E-state index in [9.17, 15) is 4.39 Å². The molecule has 0 radical (unpaired) electrons. The highest BCUT2D eigenvalue weighted by molar-refractivity contribution is 9.10. The maximum absolute atomic E-state index is 12.9. The molecule has 0 aliphatic carbocycles. The zero-order chi connectivity index (χ0) is 11.3. The summed E-state index contributed by atoms with van der Waals surface area (Å²) in [6.07, 6.45) is 1.15. The van der Waals surface area contributed by atoms with Gasteiger partial charge in [0.1, 0.15) is 11.6 Å². The number of halogens is 2. The minimum absolute atomic E-state index is 0.138. The Morgan fingerprint density at radius 1 is 1.47 bits per heavy atom. The van der Waals surface area contributed by atoms with E-state index >= 15 is 0 Å². The molecule has 0 aliphatic rings. The van der Waals surface area contributed by atoms with E-state index in [1.165, 1.54) is 12.1 Å². The summed E-state index contributed by atoms with van der Waals surface area (Å²) in [7, 11) is 0. The van der Waals surface area contributed by atoms with Gasteiger partial charge in [-0.1, -0.05) is 15.9 Å². The van der Waals surface area contributed by atoms with Gasteiger partial charge in [0.25, 0.3) is 0 Å². The van der Waals surface area contributed by atoms with Crippen molar-refractivity contribution in [2.45, 2.75) is 12.8 Å². The lowest BCUT2D eigenvalue weighted by molar-refractivity contribution is 0.311. The van der Waals surface area contributed by atoms with Crippen molar-refractivity contribution in [2.75, 3.05) is 6.61 Å². The molecule has 3 N–H and O–H groups in total. The van der Waals surface area contributed by atoms with Gasteiger partial charge in [-0.25, -0.2) is 4.39 Å². The molecule has 5 heteroatoms. The third kappa shape index (κ3) is 4.78. The maximum atomic E-state index is 12.9. The molecule has 1 aromatic rings. The molecule has 0 saturated heterocycles. The second-order valence-electron chi connectivity index (χ2n) is 3.08. The minimum atomic E-state index is -0.342. The van der Waals surface area contributed by atoms with Gasteiger partial charge in [-0.2, -0.15) is 0 Å². The predicted molar refractivity (Wildman–Crippen MR) is 60.7 cm³/mol. The fraction of sp³-hybridized carbons (Fsp3) is 0.300. The number of hydrogen-bond donors (Lipinski definition) is 2. The first kappa shape index (κ1) is 12.0. The zero-order valence-corrected chi connectivity index (χ0v) is 9.68. The van der Waals surface area contributed by atoms with Crippen LogP contribution in [0.5, 0.6) is 5.75 Å². The molecule has 0 amide bonds. The Kier molecular flexibility index (Phi) is 4.55. The first-order valence-electron chi connectivity index (χ1n) is 4.50. The second-order valence-corrected chi connectivity index (χ2v) is 4.00. The Morgan fingerprint density at radius 3 is 2.80 bits per heavy atom. The fourth-order valence-corrected chi connectivity index (χ4v) is 1.51. The van der Waals surface area contributed by atoms with Crippen LogP contribution in [0.2, 0.25) is 0 Å². The average molecular weight is 275 g/mol. The molecule has 0 aliphatic heterocycles. The van der Waals surface area contributed by atoms with E-state index in [1.54, 1.807) is 6.07 Å². The monoisotopic (exact) mass is 274 g/mol. The number of ether oxygens (including phenoxy) is 1. The van der Waals surface area contributed by atoms with E-state index < -0.39 is 0 Å². The normalized spacial score (nSPS) is 10.0. The molecule has 0 bridgehead atoms. The van der Waals surface area contributed by atoms with E-state index in [2.05, 4.69) is 15.9 Å². The highest BCUT2D eigenvalue weighted by Gasteiger charge is 2.00. The van der Waals surface area contributed by atoms with E-state index in [4.69, 9.17) is 15.9 Å². The Morgan fingerprint density at radius 2 is 2.20 bits per heavy atom. The van der Waals surface area contributed by atoms with Crippen LogP contribution in [0.25, 0.3) is 0 Å². The van der Waals surface area contributed by atoms with Crippen molar-refractivity contribution >= 4 is 21.8 Å². The number of amidine groups is 1. The highest BCUT2D eigenvalue weighted by atomic mass is 79.9. The first-order chi connectivity index (χ1) is 7.08. The van der Waals surface area contributed by atoms with Gasteiger partial charge >= 0.3 is 0 Å². The molecule has 0 aromatic heterocycles. The summed E-state index contributed by atoms with van der Waals surface area (Å²) in [4.78, 5) is 0. The van der Waals surface area contributed by atoms with Gasteiger partial charge in [0.05, 0.1) is 12.4 Å². The minimum Gasteiger partial charge on any atom is -0.493 e. The van der Waals surface area contributed by atoms with Crippen molar-refractivity contribution in [3.05, 3.63) is 28.5 Å². The van der Waals surface area contributed by atoms with E-state index in [0.717, 1.165) is 0 Å². The topological polar surface area (TPSA) is 59.1 Å². The van der Waals surface area contributed by atoms with Crippen molar-refractivity contribution in [3.63, 3.8) is 0 Å². The standard InChI is InChI=1S/C10H12BrFN2O/c11-7-4-8(12)6-9(5-7)15-3-1-2-10(13)14/h4-6H,1-3H2,(H3,13,14). The molecule has 0 heterocycles. The molecular weight excluding hydrogens is 263 g/mol. The van der Waals surface area contributed by atoms with Crippen molar-refractivity contribution in [2.24, 2.45) is 5.73 Å². The smallest absolute Gasteiger partial charge is 0.128 e. The lowest BCUT2D eigenvalue weighted by Crippen LogP contribution is -2.11. The summed E-state index contributed by atoms with van der Waals surface area (Å²) in [5.74, 6) is 0.274. The van der Waals surface area contributed by atoms with E-state index in [1.807, 2.05) is 0 Å². The summed E-state index contributed by atoms with van der Waals surface area (Å²) >= 11 is 3.17. The second kappa shape index (κ2) is 5.70. The zero-order valence-electron chi connectivity index (χ0n) is 8.09. The fourth-order valence-electron chi connectivity index (χ4n) is 1.06. The van der Waals surface area contributed by atoms with Crippen LogP contribution in [0, 0.1) is 11.2 Å². The third-order valence-electron chi connectivity index (χ3n) is 1.70. The third-order valence-corrected chi connectivity index (χ3v) is 2.15. The van der Waals surface area contributed by atoms with Crippen LogP contribution in [0.1, 0.15) is 12.8 Å². The molecule has 3 nitrogen and oxygen atoms in total. The number of rotatable bonds is 5. The van der Waals surface area contributed by atoms with Crippen LogP contribution in [-0.2, 0) is 0 Å². The molecule has 1 rings (SSSR count). The van der Waals surface area contributed by atoms with Crippen molar-refractivity contribution in [3.8, 4) is 5.75 Å². The largest absolute Gasteiger partial charge is 0.493 e. The lowest BCUT2D eigenvalue weighted by atomic mass is 10.3. The SMILES string of the molecule is N=C(N)CCCOc1cc(F)cc(Br)c1. The summed E-state index contributed by atoms with van der Waals surface area (Å²) in [5.41, 5.74) is 5.18. The Hall–Kier alpha value is -1.10. The van der Waals surface area contributed by atoms with Gasteiger partial charge in [0.15, 0.2) is 0 Å². The summed E-state index contributed by atoms with van der Waals surface area (Å²) in [6, 6.07) is 4.37. The Labute approximate surface area is 96.1 Å². The van der Waals surface area contributed by atoms with Crippen LogP contribution in [0.15, 0.2) is 22.7 Å². The van der Waals surface area contributed by atoms with Crippen LogP contribution in [0.4, 0.5) is 4.39 Å². The Bertz CT molecular complexity index is 337. The van der Waals surface area contributed by atoms with Crippen LogP contribution in [-0.4, -0.2) is 12.4 Å². The lowest BCUT2D eigenvalue weighted by Gasteiger charge is -2.06. The number of hydrogen-bond acceptors (Lipinski definition) is 2. The number of benzene rings is 1. The predicted octanol–water partition coefficient (Wildman–Crippen LogP) is 2.68. The summed E-state index contributed by atoms with van der Waals surface area (Å²) < 4.78 is 18.8. The highest BCUT2D eigenvalue weighted by Crippen LogP contribution is 2.20. The molecule has 0 fully saturated rings. The van der Waals surface area contributed by atoms with Gasteiger partial charge in [-0.15, -0.1) is 0 Å². The van der Waals surface area contributed by atoms with E-state index in [-0.39, 0.29) is 11.7 Å². The quantitative estimate of drug-likeness (QED) is 0.493. The van der Waals surface area contributed by atoms with Gasteiger partial charge in [-0.05, 0) is 18.6 Å². The molecule has 1 aromatic carbocycles. The molecule has 0 atom stereocenters. The molecule has 15 heavy (non-hydrogen) atoms. The van der Waals surface area contributed by atoms with Crippen LogP contribution < -0.4 is 10.5 Å². The molecule has 0 saturated carbocycles. The average Bonchev–Trinajstić information content (AvgIpc) is 2.10. The van der Waals surface area contributed by atoms with Crippen LogP contribution >= 0.6 is 15.9 Å². The maximum Gasteiger partial charge on any atom is 0.128 e. The summed E-state index contributed by atoms with van der Waals surface area (Å²) in [5, 5.41) is 7.00. The molecular formula is C10H12BrFN2O. The van der Waals surface area contributed by atoms with Gasteiger partial charge in [-0.3, -0.25) is 5.41 Å². The number of nitrogens with two attached hydrogens (primary N) is 1. The molecule has 0 spiro atoms. The molecule has 0 unspecified atom stereocenters. The van der Waals surface area contributed by atoms with Crippen molar-refractivity contribution < 1.29 is 9.13 Å². The Balaban J connectivity index is 2.40. The van der Waals surface area contributed by atoms with Gasteiger partial charge in [0.2, 0.25) is 0 Å². The van der Waals surface area contributed by atoms with Gasteiger partial charge in [0, 0.05) is 17.0 Å². The summed E-state index contributed by atoms with van der Waals surface area (Å²) in [6.45, 7) is 0.426. The van der Waals surface area contributed by atoms with Gasteiger partial charge < -0.3 is 10.5 Å². The van der Waals surface area contributed by atoms with Crippen molar-refractivity contribution in [1.29, 1.82) is 5.41 Å². The number of nitrogens with one attached hydrogen (secondary N) is 1.